The minimum absolute atomic E-state index is 0.0155. The van der Waals surface area contributed by atoms with E-state index in [0.29, 0.717) is 12.8 Å². The van der Waals surface area contributed by atoms with Crippen molar-refractivity contribution in [3.05, 3.63) is 0 Å². The van der Waals surface area contributed by atoms with E-state index >= 15 is 0 Å². The third-order valence-electron chi connectivity index (χ3n) is 5.32. The van der Waals surface area contributed by atoms with E-state index in [1.807, 2.05) is 0 Å². The van der Waals surface area contributed by atoms with Gasteiger partial charge in [0, 0.05) is 0 Å². The molecular formula is C21H42O4. The zero-order chi connectivity index (χ0) is 19.2. The van der Waals surface area contributed by atoms with Gasteiger partial charge in [-0.1, -0.05) is 65.2 Å². The van der Waals surface area contributed by atoms with E-state index in [1.54, 1.807) is 20.8 Å². The standard InChI is InChI=1S/C21H42O4/c1-5-6-7-8-9-10-11-12-13-20(18(4)21(24)25)19(14-16(2)22)15-17(3)23/h16-20,22-23H,5-15H2,1-4H3,(H,24,25). The molecule has 0 aliphatic heterocycles. The molecule has 0 amide bonds. The van der Waals surface area contributed by atoms with Gasteiger partial charge < -0.3 is 15.3 Å². The van der Waals surface area contributed by atoms with Crippen LogP contribution in [0.15, 0.2) is 0 Å². The first-order valence-corrected chi connectivity index (χ1v) is 10.4. The third-order valence-corrected chi connectivity index (χ3v) is 5.32. The average Bonchev–Trinajstić information content (AvgIpc) is 2.51. The molecule has 0 saturated carbocycles. The molecule has 4 atom stereocenters. The second kappa shape index (κ2) is 14.5. The Morgan fingerprint density at radius 3 is 1.64 bits per heavy atom. The summed E-state index contributed by atoms with van der Waals surface area (Å²) in [5.41, 5.74) is 0. The van der Waals surface area contributed by atoms with Gasteiger partial charge in [-0.25, -0.2) is 0 Å². The molecule has 4 heteroatoms. The number of carboxylic acid groups (broad SMARTS) is 1. The number of hydrogen-bond acceptors (Lipinski definition) is 3. The monoisotopic (exact) mass is 358 g/mol. The Kier molecular flexibility index (Phi) is 14.2. The molecule has 0 fully saturated rings. The van der Waals surface area contributed by atoms with Gasteiger partial charge in [0.1, 0.15) is 0 Å². The van der Waals surface area contributed by atoms with Crippen molar-refractivity contribution >= 4 is 5.97 Å². The Balaban J connectivity index is 4.51. The quantitative estimate of drug-likeness (QED) is 0.339. The molecule has 0 spiro atoms. The van der Waals surface area contributed by atoms with Crippen molar-refractivity contribution in [1.29, 1.82) is 0 Å². The van der Waals surface area contributed by atoms with Crippen molar-refractivity contribution in [1.82, 2.24) is 0 Å². The summed E-state index contributed by atoms with van der Waals surface area (Å²) >= 11 is 0. The summed E-state index contributed by atoms with van der Waals surface area (Å²) in [6.45, 7) is 7.48. The molecule has 0 aliphatic rings. The highest BCUT2D eigenvalue weighted by atomic mass is 16.4. The molecule has 0 heterocycles. The largest absolute Gasteiger partial charge is 0.481 e. The second-order valence-corrected chi connectivity index (χ2v) is 7.98. The summed E-state index contributed by atoms with van der Waals surface area (Å²) in [5.74, 6) is -1.14. The predicted octanol–water partition coefficient (Wildman–Crippen LogP) is 5.01. The molecule has 0 aliphatic carbocycles. The van der Waals surface area contributed by atoms with Gasteiger partial charge in [-0.15, -0.1) is 0 Å². The van der Waals surface area contributed by atoms with Crippen LogP contribution in [0.25, 0.3) is 0 Å². The van der Waals surface area contributed by atoms with Crippen LogP contribution in [-0.4, -0.2) is 33.5 Å². The van der Waals surface area contributed by atoms with Crippen molar-refractivity contribution in [3.63, 3.8) is 0 Å². The fourth-order valence-electron chi connectivity index (χ4n) is 3.91. The topological polar surface area (TPSA) is 77.8 Å². The van der Waals surface area contributed by atoms with Crippen LogP contribution in [0.1, 0.15) is 98.3 Å². The van der Waals surface area contributed by atoms with Gasteiger partial charge in [-0.2, -0.15) is 0 Å². The molecule has 0 aromatic carbocycles. The fourth-order valence-corrected chi connectivity index (χ4v) is 3.91. The molecule has 150 valence electrons. The number of hydrogen-bond donors (Lipinski definition) is 3. The van der Waals surface area contributed by atoms with E-state index in [0.717, 1.165) is 19.3 Å². The van der Waals surface area contributed by atoms with Gasteiger partial charge in [-0.05, 0) is 44.9 Å². The van der Waals surface area contributed by atoms with E-state index in [-0.39, 0.29) is 11.8 Å². The average molecular weight is 359 g/mol. The van der Waals surface area contributed by atoms with Crippen molar-refractivity contribution in [2.24, 2.45) is 17.8 Å². The maximum absolute atomic E-state index is 11.5. The Morgan fingerprint density at radius 2 is 1.24 bits per heavy atom. The number of rotatable bonds is 16. The second-order valence-electron chi connectivity index (χ2n) is 7.98. The fraction of sp³-hybridized carbons (Fsp3) is 0.952. The third kappa shape index (κ3) is 12.4. The molecule has 4 unspecified atom stereocenters. The number of aliphatic hydroxyl groups is 2. The molecule has 0 bridgehead atoms. The normalized spacial score (nSPS) is 17.7. The van der Waals surface area contributed by atoms with Crippen LogP contribution in [-0.2, 0) is 4.79 Å². The molecule has 0 radical (unpaired) electrons. The summed E-state index contributed by atoms with van der Waals surface area (Å²) in [7, 11) is 0. The SMILES string of the molecule is CCCCCCCCCCC(C(CC(C)O)CC(C)O)C(C)C(=O)O. The minimum atomic E-state index is -0.772. The van der Waals surface area contributed by atoms with Gasteiger partial charge in [0.2, 0.25) is 0 Å². The lowest BCUT2D eigenvalue weighted by atomic mass is 9.74. The highest BCUT2D eigenvalue weighted by molar-refractivity contribution is 5.69. The molecular weight excluding hydrogens is 316 g/mol. The summed E-state index contributed by atoms with van der Waals surface area (Å²) in [6, 6.07) is 0. The van der Waals surface area contributed by atoms with Crippen molar-refractivity contribution < 1.29 is 20.1 Å². The molecule has 0 aromatic rings. The zero-order valence-corrected chi connectivity index (χ0v) is 16.9. The lowest BCUT2D eigenvalue weighted by molar-refractivity contribution is -0.144. The molecule has 4 nitrogen and oxygen atoms in total. The van der Waals surface area contributed by atoms with Gasteiger partial charge in [0.05, 0.1) is 18.1 Å². The molecule has 0 saturated heterocycles. The van der Waals surface area contributed by atoms with Crippen LogP contribution in [0.3, 0.4) is 0 Å². The summed E-state index contributed by atoms with van der Waals surface area (Å²) in [5, 5.41) is 29.0. The number of aliphatic hydroxyl groups excluding tert-OH is 2. The maximum atomic E-state index is 11.5. The highest BCUT2D eigenvalue weighted by Gasteiger charge is 2.32. The first-order chi connectivity index (χ1) is 11.8. The molecule has 25 heavy (non-hydrogen) atoms. The predicted molar refractivity (Wildman–Crippen MR) is 104 cm³/mol. The Morgan fingerprint density at radius 1 is 0.800 bits per heavy atom. The zero-order valence-electron chi connectivity index (χ0n) is 16.9. The lowest BCUT2D eigenvalue weighted by Crippen LogP contribution is -2.31. The van der Waals surface area contributed by atoms with Crippen molar-refractivity contribution in [3.8, 4) is 0 Å². The van der Waals surface area contributed by atoms with E-state index < -0.39 is 24.1 Å². The van der Waals surface area contributed by atoms with Crippen molar-refractivity contribution in [2.75, 3.05) is 0 Å². The molecule has 3 N–H and O–H groups in total. The van der Waals surface area contributed by atoms with Crippen LogP contribution in [0, 0.1) is 17.8 Å². The summed E-state index contributed by atoms with van der Waals surface area (Å²) in [6.07, 6.45) is 10.9. The maximum Gasteiger partial charge on any atom is 0.306 e. The Labute approximate surface area is 155 Å². The lowest BCUT2D eigenvalue weighted by Gasteiger charge is -2.32. The van der Waals surface area contributed by atoms with Crippen molar-refractivity contribution in [2.45, 2.75) is 111 Å². The molecule has 0 aromatic heterocycles. The van der Waals surface area contributed by atoms with E-state index in [2.05, 4.69) is 6.92 Å². The minimum Gasteiger partial charge on any atom is -0.481 e. The highest BCUT2D eigenvalue weighted by Crippen LogP contribution is 2.34. The smallest absolute Gasteiger partial charge is 0.306 e. The van der Waals surface area contributed by atoms with Gasteiger partial charge in [-0.3, -0.25) is 4.79 Å². The Hall–Kier alpha value is -0.610. The molecule has 0 rings (SSSR count). The summed E-state index contributed by atoms with van der Waals surface area (Å²) in [4.78, 5) is 11.5. The van der Waals surface area contributed by atoms with Gasteiger partial charge in [0.25, 0.3) is 0 Å². The van der Waals surface area contributed by atoms with Crippen LogP contribution in [0.2, 0.25) is 0 Å². The Bertz CT molecular complexity index is 318. The number of carbonyl (C=O) groups is 1. The number of unbranched alkanes of at least 4 members (excludes halogenated alkanes) is 7. The van der Waals surface area contributed by atoms with Crippen LogP contribution in [0.5, 0.6) is 0 Å². The van der Waals surface area contributed by atoms with Crippen LogP contribution in [0.4, 0.5) is 0 Å². The number of carboxylic acids is 1. The van der Waals surface area contributed by atoms with E-state index in [9.17, 15) is 20.1 Å². The summed E-state index contributed by atoms with van der Waals surface area (Å²) < 4.78 is 0. The number of aliphatic carboxylic acids is 1. The van der Waals surface area contributed by atoms with Gasteiger partial charge in [0.15, 0.2) is 0 Å². The first kappa shape index (κ1) is 24.4. The van der Waals surface area contributed by atoms with E-state index in [1.165, 1.54) is 38.5 Å². The van der Waals surface area contributed by atoms with Crippen LogP contribution >= 0.6 is 0 Å². The van der Waals surface area contributed by atoms with Crippen LogP contribution < -0.4 is 0 Å². The van der Waals surface area contributed by atoms with Gasteiger partial charge >= 0.3 is 5.97 Å². The van der Waals surface area contributed by atoms with E-state index in [4.69, 9.17) is 0 Å². The first-order valence-electron chi connectivity index (χ1n) is 10.4.